The lowest BCUT2D eigenvalue weighted by Gasteiger charge is -2.43. The maximum Gasteiger partial charge on any atom is 0.169 e. The molecule has 1 N–H and O–H groups in total. The second-order valence-electron chi connectivity index (χ2n) is 7.23. The van der Waals surface area contributed by atoms with E-state index in [2.05, 4.69) is 10.1 Å². The monoisotopic (exact) mass is 362 g/mol. The zero-order chi connectivity index (χ0) is 18.4. The van der Waals surface area contributed by atoms with Crippen LogP contribution in [0, 0.1) is 10.7 Å². The molecule has 1 unspecified atom stereocenters. The number of anilines is 2. The Labute approximate surface area is 151 Å². The number of nitroso groups, excluding NO2 is 1. The lowest BCUT2D eigenvalue weighted by molar-refractivity contribution is 0.205. The van der Waals surface area contributed by atoms with Gasteiger partial charge in [-0.25, -0.2) is 4.39 Å². The van der Waals surface area contributed by atoms with E-state index in [0.717, 1.165) is 26.2 Å². The number of hydrogen-bond donors (Lipinski definition) is 1. The Kier molecular flexibility index (Phi) is 4.32. The Morgan fingerprint density at radius 1 is 1.31 bits per heavy atom. The van der Waals surface area contributed by atoms with Gasteiger partial charge in [-0.1, -0.05) is 5.18 Å². The molecule has 0 spiro atoms. The van der Waals surface area contributed by atoms with E-state index in [1.165, 1.54) is 6.07 Å². The first kappa shape index (κ1) is 17.2. The molecule has 7 nitrogen and oxygen atoms in total. The van der Waals surface area contributed by atoms with Crippen LogP contribution in [0.4, 0.5) is 15.8 Å². The molecule has 1 aromatic carbocycles. The average Bonchev–Trinajstić information content (AvgIpc) is 2.62. The van der Waals surface area contributed by atoms with Crippen LogP contribution >= 0.6 is 0 Å². The number of hydrogen-bond acceptors (Lipinski definition) is 7. The normalized spacial score (nSPS) is 25.5. The Bertz CT molecular complexity index is 761. The number of piperazine rings is 1. The predicted octanol–water partition coefficient (Wildman–Crippen LogP) is 1.86. The van der Waals surface area contributed by atoms with E-state index in [4.69, 9.17) is 4.74 Å². The van der Waals surface area contributed by atoms with Crippen molar-refractivity contribution in [1.29, 1.82) is 0 Å². The number of ether oxygens (including phenoxy) is 1. The standard InChI is InChI=1S/C18H23FN4O3/c1-11-10-26-18-15-13(17(24)12(8-20-25)9-23(11)15)7-14(19)16(18)22-5-3-21(2)4-6-22/h7,9,11,17,24H,3-6,8,10H2,1-2H3/t11-,17?/m0/s1. The van der Waals surface area contributed by atoms with Crippen LogP contribution in [-0.2, 0) is 0 Å². The molecule has 8 heteroatoms. The second kappa shape index (κ2) is 6.51. The SMILES string of the molecule is C[C@H]1COc2c(N3CCN(C)CC3)c(F)cc3c2N1C=C(CN=O)C3O. The number of likely N-dealkylation sites (N-methyl/N-ethyl adjacent to an activating group) is 1. The van der Waals surface area contributed by atoms with Gasteiger partial charge in [0.2, 0.25) is 0 Å². The van der Waals surface area contributed by atoms with Gasteiger partial charge in [0, 0.05) is 43.5 Å². The summed E-state index contributed by atoms with van der Waals surface area (Å²) in [5, 5.41) is 13.5. The van der Waals surface area contributed by atoms with E-state index in [-0.39, 0.29) is 12.6 Å². The molecule has 0 bridgehead atoms. The summed E-state index contributed by atoms with van der Waals surface area (Å²) in [6.45, 7) is 5.42. The largest absolute Gasteiger partial charge is 0.487 e. The number of aliphatic hydroxyl groups excluding tert-OH is 1. The van der Waals surface area contributed by atoms with Crippen molar-refractivity contribution in [2.45, 2.75) is 19.1 Å². The molecule has 3 aliphatic rings. The van der Waals surface area contributed by atoms with Gasteiger partial charge in [-0.05, 0) is 20.0 Å². The van der Waals surface area contributed by atoms with Crippen LogP contribution in [0.1, 0.15) is 18.6 Å². The molecular weight excluding hydrogens is 339 g/mol. The van der Waals surface area contributed by atoms with E-state index >= 15 is 4.39 Å². The van der Waals surface area contributed by atoms with Gasteiger partial charge >= 0.3 is 0 Å². The zero-order valence-electron chi connectivity index (χ0n) is 15.0. The minimum Gasteiger partial charge on any atom is -0.487 e. The van der Waals surface area contributed by atoms with Crippen molar-refractivity contribution in [3.63, 3.8) is 0 Å². The number of rotatable bonds is 3. The minimum absolute atomic E-state index is 0.0150. The molecule has 2 atom stereocenters. The molecule has 0 amide bonds. The smallest absolute Gasteiger partial charge is 0.169 e. The lowest BCUT2D eigenvalue weighted by atomic mass is 9.92. The molecule has 0 radical (unpaired) electrons. The number of aliphatic hydroxyl groups is 1. The highest BCUT2D eigenvalue weighted by molar-refractivity contribution is 5.81. The van der Waals surface area contributed by atoms with Gasteiger partial charge in [-0.3, -0.25) is 0 Å². The number of benzene rings is 1. The topological polar surface area (TPSA) is 68.6 Å². The summed E-state index contributed by atoms with van der Waals surface area (Å²) in [5.74, 6) is 0.0771. The summed E-state index contributed by atoms with van der Waals surface area (Å²) >= 11 is 0. The maximum absolute atomic E-state index is 15.1. The molecular formula is C18H23FN4O3. The summed E-state index contributed by atoms with van der Waals surface area (Å²) < 4.78 is 21.0. The molecule has 1 aromatic rings. The van der Waals surface area contributed by atoms with Gasteiger partial charge in [-0.2, -0.15) is 4.91 Å². The fourth-order valence-corrected chi connectivity index (χ4v) is 3.91. The highest BCUT2D eigenvalue weighted by Crippen LogP contribution is 2.51. The minimum atomic E-state index is -1.05. The van der Waals surface area contributed by atoms with Gasteiger partial charge in [0.15, 0.2) is 11.6 Å². The van der Waals surface area contributed by atoms with Crippen molar-refractivity contribution >= 4 is 11.4 Å². The first-order valence-electron chi connectivity index (χ1n) is 8.90. The fraction of sp³-hybridized carbons (Fsp3) is 0.556. The first-order chi connectivity index (χ1) is 12.5. The van der Waals surface area contributed by atoms with E-state index in [0.29, 0.717) is 34.9 Å². The quantitative estimate of drug-likeness (QED) is 0.828. The molecule has 1 saturated heterocycles. The van der Waals surface area contributed by atoms with Gasteiger partial charge in [0.1, 0.15) is 24.9 Å². The number of halogens is 1. The first-order valence-corrected chi connectivity index (χ1v) is 8.90. The van der Waals surface area contributed by atoms with Crippen LogP contribution in [0.25, 0.3) is 0 Å². The maximum atomic E-state index is 15.1. The third-order valence-electron chi connectivity index (χ3n) is 5.43. The average molecular weight is 362 g/mol. The summed E-state index contributed by atoms with van der Waals surface area (Å²) in [7, 11) is 2.05. The van der Waals surface area contributed by atoms with Crippen LogP contribution in [0.5, 0.6) is 5.75 Å². The number of nitrogens with zero attached hydrogens (tertiary/aromatic N) is 4. The van der Waals surface area contributed by atoms with Gasteiger partial charge in [0.05, 0.1) is 11.7 Å². The Balaban J connectivity index is 1.83. The Hall–Kier alpha value is -2.19. The van der Waals surface area contributed by atoms with Crippen LogP contribution in [0.15, 0.2) is 23.0 Å². The predicted molar refractivity (Wildman–Crippen MR) is 97.3 cm³/mol. The zero-order valence-corrected chi connectivity index (χ0v) is 15.0. The van der Waals surface area contributed by atoms with E-state index < -0.39 is 11.9 Å². The molecule has 0 aromatic heterocycles. The van der Waals surface area contributed by atoms with Crippen molar-refractivity contribution in [2.75, 3.05) is 56.2 Å². The van der Waals surface area contributed by atoms with E-state index in [1.54, 1.807) is 6.20 Å². The molecule has 1 fully saturated rings. The molecule has 0 saturated carbocycles. The Morgan fingerprint density at radius 2 is 2.04 bits per heavy atom. The summed E-state index contributed by atoms with van der Waals surface area (Å²) in [6.07, 6.45) is 0.708. The fourth-order valence-electron chi connectivity index (χ4n) is 3.91. The highest BCUT2D eigenvalue weighted by Gasteiger charge is 2.38. The molecule has 3 aliphatic heterocycles. The van der Waals surface area contributed by atoms with Crippen molar-refractivity contribution in [1.82, 2.24) is 4.90 Å². The van der Waals surface area contributed by atoms with Crippen molar-refractivity contribution < 1.29 is 14.2 Å². The Morgan fingerprint density at radius 3 is 2.73 bits per heavy atom. The third kappa shape index (κ3) is 2.64. The van der Waals surface area contributed by atoms with Crippen LogP contribution in [0.2, 0.25) is 0 Å². The third-order valence-corrected chi connectivity index (χ3v) is 5.43. The van der Waals surface area contributed by atoms with Crippen LogP contribution in [0.3, 0.4) is 0 Å². The highest BCUT2D eigenvalue weighted by atomic mass is 19.1. The molecule has 0 aliphatic carbocycles. The van der Waals surface area contributed by atoms with Crippen molar-refractivity contribution in [3.05, 3.63) is 34.1 Å². The molecule has 26 heavy (non-hydrogen) atoms. The van der Waals surface area contributed by atoms with Crippen LogP contribution < -0.4 is 14.5 Å². The van der Waals surface area contributed by atoms with E-state index in [9.17, 15) is 10.0 Å². The van der Waals surface area contributed by atoms with Crippen molar-refractivity contribution in [3.8, 4) is 5.75 Å². The summed E-state index contributed by atoms with van der Waals surface area (Å²) in [4.78, 5) is 16.9. The molecule has 4 rings (SSSR count). The van der Waals surface area contributed by atoms with Crippen LogP contribution in [-0.4, -0.2) is 62.4 Å². The summed E-state index contributed by atoms with van der Waals surface area (Å²) in [6, 6.07) is 1.39. The molecule has 3 heterocycles. The van der Waals surface area contributed by atoms with Gasteiger partial charge in [0.25, 0.3) is 0 Å². The summed E-state index contributed by atoms with van der Waals surface area (Å²) in [5.41, 5.74) is 2.06. The lowest BCUT2D eigenvalue weighted by Crippen LogP contribution is -2.46. The molecule has 140 valence electrons. The van der Waals surface area contributed by atoms with Gasteiger partial charge in [-0.15, -0.1) is 0 Å². The van der Waals surface area contributed by atoms with E-state index in [1.807, 2.05) is 23.8 Å². The van der Waals surface area contributed by atoms with Gasteiger partial charge < -0.3 is 24.5 Å². The van der Waals surface area contributed by atoms with Crippen molar-refractivity contribution in [2.24, 2.45) is 5.18 Å². The second-order valence-corrected chi connectivity index (χ2v) is 7.23.